The number of benzene rings is 3. The monoisotopic (exact) mass is 528 g/mol. The Hall–Kier alpha value is -4.17. The molecule has 5 rings (SSSR count). The summed E-state index contributed by atoms with van der Waals surface area (Å²) < 4.78 is 18.7. The topological polar surface area (TPSA) is 79.1 Å². The summed E-state index contributed by atoms with van der Waals surface area (Å²) in [5.41, 5.74) is 2.22. The first-order valence-electron chi connectivity index (χ1n) is 12.4. The van der Waals surface area contributed by atoms with Gasteiger partial charge >= 0.3 is 5.97 Å². The summed E-state index contributed by atoms with van der Waals surface area (Å²) in [5, 5.41) is 2.03. The van der Waals surface area contributed by atoms with Crippen molar-refractivity contribution in [3.63, 3.8) is 0 Å². The first-order chi connectivity index (χ1) is 18.5. The molecule has 0 unspecified atom stereocenters. The molecule has 1 aliphatic rings. The predicted octanol–water partition coefficient (Wildman–Crippen LogP) is 4.36. The number of allylic oxidation sites excluding steroid dienone is 1. The summed E-state index contributed by atoms with van der Waals surface area (Å²) >= 11 is 1.29. The summed E-state index contributed by atoms with van der Waals surface area (Å²) in [4.78, 5) is 32.3. The van der Waals surface area contributed by atoms with E-state index in [1.165, 1.54) is 11.3 Å². The van der Waals surface area contributed by atoms with Crippen molar-refractivity contribution in [2.45, 2.75) is 26.8 Å². The van der Waals surface area contributed by atoms with Gasteiger partial charge in [-0.25, -0.2) is 9.79 Å². The molecule has 0 saturated heterocycles. The van der Waals surface area contributed by atoms with Crippen LogP contribution in [-0.4, -0.2) is 30.9 Å². The third-order valence-electron chi connectivity index (χ3n) is 6.45. The van der Waals surface area contributed by atoms with Crippen LogP contribution in [0.2, 0.25) is 0 Å². The van der Waals surface area contributed by atoms with Gasteiger partial charge in [0.2, 0.25) is 0 Å². The van der Waals surface area contributed by atoms with E-state index in [1.54, 1.807) is 25.5 Å². The molecule has 38 heavy (non-hydrogen) atoms. The van der Waals surface area contributed by atoms with E-state index in [4.69, 9.17) is 14.2 Å². The van der Waals surface area contributed by atoms with Gasteiger partial charge in [-0.05, 0) is 61.4 Å². The Balaban J connectivity index is 1.76. The minimum Gasteiger partial charge on any atom is -0.497 e. The molecule has 0 saturated carbocycles. The fourth-order valence-corrected chi connectivity index (χ4v) is 5.76. The van der Waals surface area contributed by atoms with Crippen LogP contribution in [0.1, 0.15) is 37.9 Å². The molecule has 0 N–H and O–H groups in total. The van der Waals surface area contributed by atoms with Gasteiger partial charge in [-0.3, -0.25) is 9.36 Å². The first-order valence-corrected chi connectivity index (χ1v) is 13.3. The number of ether oxygens (including phenoxy) is 3. The maximum absolute atomic E-state index is 14.0. The Kier molecular flexibility index (Phi) is 7.15. The molecule has 0 amide bonds. The lowest BCUT2D eigenvalue weighted by Crippen LogP contribution is -2.39. The van der Waals surface area contributed by atoms with Crippen LogP contribution >= 0.6 is 11.3 Å². The zero-order valence-corrected chi connectivity index (χ0v) is 22.5. The minimum atomic E-state index is -0.683. The summed E-state index contributed by atoms with van der Waals surface area (Å²) in [6.45, 7) is 6.18. The highest BCUT2D eigenvalue weighted by atomic mass is 32.1. The maximum atomic E-state index is 14.0. The van der Waals surface area contributed by atoms with Crippen molar-refractivity contribution in [2.24, 2.45) is 4.99 Å². The summed E-state index contributed by atoms with van der Waals surface area (Å²) in [5.74, 6) is 0.891. The van der Waals surface area contributed by atoms with Crippen LogP contribution < -0.4 is 24.4 Å². The summed E-state index contributed by atoms with van der Waals surface area (Å²) in [6.07, 6.45) is 1.87. The van der Waals surface area contributed by atoms with Gasteiger partial charge in [-0.15, -0.1) is 0 Å². The number of hydrogen-bond donors (Lipinski definition) is 0. The number of fused-ring (bicyclic) bond motifs is 2. The van der Waals surface area contributed by atoms with Crippen LogP contribution in [0.15, 0.2) is 81.7 Å². The summed E-state index contributed by atoms with van der Waals surface area (Å²) in [7, 11) is 1.59. The molecule has 0 radical (unpaired) electrons. The van der Waals surface area contributed by atoms with Crippen LogP contribution in [0.3, 0.4) is 0 Å². The van der Waals surface area contributed by atoms with E-state index in [0.717, 1.165) is 21.9 Å². The van der Waals surface area contributed by atoms with Crippen molar-refractivity contribution in [3.05, 3.63) is 103 Å². The second kappa shape index (κ2) is 10.7. The number of rotatable bonds is 7. The first kappa shape index (κ1) is 25.5. The van der Waals surface area contributed by atoms with E-state index >= 15 is 0 Å². The molecule has 0 spiro atoms. The van der Waals surface area contributed by atoms with Crippen LogP contribution in [0.5, 0.6) is 11.5 Å². The number of esters is 1. The molecule has 3 aromatic carbocycles. The van der Waals surface area contributed by atoms with Crippen LogP contribution in [-0.2, 0) is 9.53 Å². The van der Waals surface area contributed by atoms with E-state index in [0.29, 0.717) is 38.7 Å². The average molecular weight is 529 g/mol. The standard InChI is InChI=1S/C30H28N2O5S/c1-5-36-24-16-13-19-9-7-8-10-22(19)23(24)17-25-28(33)32-27(20-11-14-21(35-4)15-12-20)26(29(34)37-6-2)18(3)31-30(32)38-25/h7-17,27H,5-6H2,1-4H3/b25-17-/t27-/m0/s1. The van der Waals surface area contributed by atoms with Crippen molar-refractivity contribution in [2.75, 3.05) is 20.3 Å². The van der Waals surface area contributed by atoms with Gasteiger partial charge in [-0.2, -0.15) is 0 Å². The molecular weight excluding hydrogens is 500 g/mol. The Bertz CT molecular complexity index is 1730. The highest BCUT2D eigenvalue weighted by Crippen LogP contribution is 2.32. The van der Waals surface area contributed by atoms with Crippen molar-refractivity contribution < 1.29 is 19.0 Å². The van der Waals surface area contributed by atoms with E-state index in [2.05, 4.69) is 4.99 Å². The third-order valence-corrected chi connectivity index (χ3v) is 7.44. The fourth-order valence-electron chi connectivity index (χ4n) is 4.73. The molecule has 0 bridgehead atoms. The number of methoxy groups -OCH3 is 1. The van der Waals surface area contributed by atoms with Crippen LogP contribution in [0.4, 0.5) is 0 Å². The Morgan fingerprint density at radius 2 is 1.82 bits per heavy atom. The number of carbonyl (C=O) groups excluding carboxylic acids is 1. The van der Waals surface area contributed by atoms with Crippen LogP contribution in [0, 0.1) is 0 Å². The molecule has 1 aliphatic heterocycles. The molecule has 1 aromatic heterocycles. The van der Waals surface area contributed by atoms with Gasteiger partial charge in [0, 0.05) is 5.56 Å². The van der Waals surface area contributed by atoms with E-state index in [1.807, 2.05) is 73.7 Å². The molecule has 7 nitrogen and oxygen atoms in total. The zero-order chi connectivity index (χ0) is 26.8. The number of aromatic nitrogens is 1. The predicted molar refractivity (Wildman–Crippen MR) is 149 cm³/mol. The Morgan fingerprint density at radius 1 is 1.05 bits per heavy atom. The molecule has 8 heteroatoms. The Labute approximate surface area is 223 Å². The van der Waals surface area contributed by atoms with Gasteiger partial charge in [0.05, 0.1) is 42.2 Å². The molecular formula is C30H28N2O5S. The van der Waals surface area contributed by atoms with Gasteiger partial charge in [0.25, 0.3) is 5.56 Å². The van der Waals surface area contributed by atoms with Crippen molar-refractivity contribution in [1.29, 1.82) is 0 Å². The highest BCUT2D eigenvalue weighted by Gasteiger charge is 2.33. The Morgan fingerprint density at radius 3 is 2.53 bits per heavy atom. The summed E-state index contributed by atoms with van der Waals surface area (Å²) in [6, 6.07) is 18.6. The quantitative estimate of drug-likeness (QED) is 0.333. The van der Waals surface area contributed by atoms with Gasteiger partial charge < -0.3 is 14.2 Å². The highest BCUT2D eigenvalue weighted by molar-refractivity contribution is 7.07. The third kappa shape index (κ3) is 4.52. The minimum absolute atomic E-state index is 0.219. The number of thiazole rings is 1. The fraction of sp³-hybridized carbons (Fsp3) is 0.233. The van der Waals surface area contributed by atoms with Crippen molar-refractivity contribution >= 4 is 34.2 Å². The maximum Gasteiger partial charge on any atom is 0.338 e. The van der Waals surface area contributed by atoms with Gasteiger partial charge in [0.15, 0.2) is 4.80 Å². The molecule has 194 valence electrons. The van der Waals surface area contributed by atoms with E-state index in [9.17, 15) is 9.59 Å². The zero-order valence-electron chi connectivity index (χ0n) is 21.7. The number of hydrogen-bond acceptors (Lipinski definition) is 7. The van der Waals surface area contributed by atoms with Gasteiger partial charge in [-0.1, -0.05) is 53.8 Å². The molecule has 2 heterocycles. The average Bonchev–Trinajstić information content (AvgIpc) is 3.23. The van der Waals surface area contributed by atoms with Crippen molar-refractivity contribution in [1.82, 2.24) is 4.57 Å². The van der Waals surface area contributed by atoms with E-state index < -0.39 is 12.0 Å². The largest absolute Gasteiger partial charge is 0.497 e. The van der Waals surface area contributed by atoms with E-state index in [-0.39, 0.29) is 12.2 Å². The molecule has 0 fully saturated rings. The number of nitrogens with zero attached hydrogens (tertiary/aromatic N) is 2. The smallest absolute Gasteiger partial charge is 0.338 e. The SMILES string of the molecule is CCOC(=O)C1=C(C)N=c2s/c(=C\c3c(OCC)ccc4ccccc34)c(=O)n2[C@H]1c1ccc(OC)cc1. The lowest BCUT2D eigenvalue weighted by molar-refractivity contribution is -0.139. The van der Waals surface area contributed by atoms with Gasteiger partial charge in [0.1, 0.15) is 11.5 Å². The number of carbonyl (C=O) groups is 1. The normalized spacial score (nSPS) is 15.3. The second-order valence-corrected chi connectivity index (χ2v) is 9.72. The molecule has 4 aromatic rings. The van der Waals surface area contributed by atoms with Crippen molar-refractivity contribution in [3.8, 4) is 11.5 Å². The van der Waals surface area contributed by atoms with Crippen LogP contribution in [0.25, 0.3) is 16.8 Å². The second-order valence-electron chi connectivity index (χ2n) is 8.71. The molecule has 0 aliphatic carbocycles. The lowest BCUT2D eigenvalue weighted by atomic mass is 9.96. The lowest BCUT2D eigenvalue weighted by Gasteiger charge is -2.24. The molecule has 1 atom stereocenters.